The van der Waals surface area contributed by atoms with Crippen molar-refractivity contribution in [1.82, 2.24) is 0 Å². The number of unbranched alkanes of at least 4 members (excludes halogenated alkanes) is 4. The summed E-state index contributed by atoms with van der Waals surface area (Å²) in [5.41, 5.74) is 0.816. The Morgan fingerprint density at radius 1 is 1.31 bits per heavy atom. The molecule has 2 nitrogen and oxygen atoms in total. The van der Waals surface area contributed by atoms with Crippen LogP contribution in [0.5, 0.6) is 0 Å². The minimum absolute atomic E-state index is 0.125. The normalized spacial score (nSPS) is 14.7. The van der Waals surface area contributed by atoms with E-state index < -0.39 is 0 Å². The molecule has 0 saturated heterocycles. The van der Waals surface area contributed by atoms with Crippen LogP contribution in [0.2, 0.25) is 0 Å². The maximum atomic E-state index is 11.6. The van der Waals surface area contributed by atoms with Crippen LogP contribution in [0.15, 0.2) is 23.8 Å². The first-order valence-corrected chi connectivity index (χ1v) is 6.37. The zero-order chi connectivity index (χ0) is 11.6. The average molecular weight is 222 g/mol. The molecule has 0 N–H and O–H groups in total. The van der Waals surface area contributed by atoms with Gasteiger partial charge in [0.15, 0.2) is 0 Å². The average Bonchev–Trinajstić information content (AvgIpc) is 2.34. The van der Waals surface area contributed by atoms with Gasteiger partial charge < -0.3 is 4.74 Å². The Morgan fingerprint density at radius 2 is 2.12 bits per heavy atom. The van der Waals surface area contributed by atoms with Crippen molar-refractivity contribution in [3.63, 3.8) is 0 Å². The molecule has 0 aliphatic heterocycles. The lowest BCUT2D eigenvalue weighted by atomic mass is 10.1. The summed E-state index contributed by atoms with van der Waals surface area (Å²) in [6.07, 6.45) is 13.6. The number of ether oxygens (including phenoxy) is 1. The molecule has 2 heteroatoms. The fraction of sp³-hybridized carbons (Fsp3) is 0.643. The van der Waals surface area contributed by atoms with Gasteiger partial charge in [-0.15, -0.1) is 0 Å². The van der Waals surface area contributed by atoms with E-state index in [1.165, 1.54) is 25.7 Å². The first kappa shape index (κ1) is 13.0. The van der Waals surface area contributed by atoms with E-state index in [-0.39, 0.29) is 5.97 Å². The summed E-state index contributed by atoms with van der Waals surface area (Å²) in [6.45, 7) is 2.77. The molecule has 0 heterocycles. The monoisotopic (exact) mass is 222 g/mol. The maximum Gasteiger partial charge on any atom is 0.334 e. The fourth-order valence-electron chi connectivity index (χ4n) is 1.74. The molecule has 16 heavy (non-hydrogen) atoms. The van der Waals surface area contributed by atoms with E-state index in [9.17, 15) is 4.79 Å². The zero-order valence-corrected chi connectivity index (χ0v) is 10.2. The van der Waals surface area contributed by atoms with Crippen molar-refractivity contribution in [2.45, 2.75) is 51.9 Å². The van der Waals surface area contributed by atoms with Gasteiger partial charge in [-0.25, -0.2) is 4.79 Å². The Labute approximate surface area is 98.4 Å². The molecule has 0 amide bonds. The van der Waals surface area contributed by atoms with Crippen LogP contribution < -0.4 is 0 Å². The third-order valence-corrected chi connectivity index (χ3v) is 2.76. The summed E-state index contributed by atoms with van der Waals surface area (Å²) in [5.74, 6) is -0.125. The maximum absolute atomic E-state index is 11.6. The van der Waals surface area contributed by atoms with E-state index in [2.05, 4.69) is 13.0 Å². The van der Waals surface area contributed by atoms with Crippen molar-refractivity contribution in [2.75, 3.05) is 6.61 Å². The molecule has 0 radical (unpaired) electrons. The molecule has 1 rings (SSSR count). The highest BCUT2D eigenvalue weighted by molar-refractivity contribution is 5.89. The van der Waals surface area contributed by atoms with Crippen LogP contribution in [0.4, 0.5) is 0 Å². The third-order valence-electron chi connectivity index (χ3n) is 2.76. The molecule has 0 saturated carbocycles. The van der Waals surface area contributed by atoms with Crippen LogP contribution in [0.1, 0.15) is 51.9 Å². The number of hydrogen-bond donors (Lipinski definition) is 0. The van der Waals surface area contributed by atoms with Gasteiger partial charge in [0, 0.05) is 5.57 Å². The number of rotatable bonds is 7. The summed E-state index contributed by atoms with van der Waals surface area (Å²) in [6, 6.07) is 0. The molecule has 90 valence electrons. The van der Waals surface area contributed by atoms with Gasteiger partial charge >= 0.3 is 5.97 Å². The first-order valence-electron chi connectivity index (χ1n) is 6.37. The van der Waals surface area contributed by atoms with Crippen molar-refractivity contribution < 1.29 is 9.53 Å². The van der Waals surface area contributed by atoms with Crippen LogP contribution >= 0.6 is 0 Å². The van der Waals surface area contributed by atoms with Crippen LogP contribution in [0.25, 0.3) is 0 Å². The Morgan fingerprint density at radius 3 is 2.81 bits per heavy atom. The molecule has 0 aromatic rings. The first-order chi connectivity index (χ1) is 7.84. The second-order valence-electron chi connectivity index (χ2n) is 4.21. The number of carbonyl (C=O) groups excluding carboxylic acids is 1. The van der Waals surface area contributed by atoms with E-state index in [1.54, 1.807) is 0 Å². The Balaban J connectivity index is 2.06. The van der Waals surface area contributed by atoms with Crippen molar-refractivity contribution in [3.05, 3.63) is 23.8 Å². The van der Waals surface area contributed by atoms with Gasteiger partial charge in [-0.2, -0.15) is 0 Å². The standard InChI is InChI=1S/C14H22O2/c1-2-3-4-5-9-12-16-14(15)13-10-7-6-8-11-13/h6-7,10H,2-5,8-9,11-12H2,1H3. The number of esters is 1. The largest absolute Gasteiger partial charge is 0.462 e. The summed E-state index contributed by atoms with van der Waals surface area (Å²) < 4.78 is 5.22. The Kier molecular flexibility index (Phi) is 6.62. The van der Waals surface area contributed by atoms with Gasteiger partial charge in [-0.05, 0) is 19.3 Å². The zero-order valence-electron chi connectivity index (χ0n) is 10.2. The minimum Gasteiger partial charge on any atom is -0.462 e. The van der Waals surface area contributed by atoms with Gasteiger partial charge in [0.05, 0.1) is 6.61 Å². The van der Waals surface area contributed by atoms with Crippen molar-refractivity contribution in [3.8, 4) is 0 Å². The van der Waals surface area contributed by atoms with Gasteiger partial charge in [0.1, 0.15) is 0 Å². The van der Waals surface area contributed by atoms with E-state index in [0.29, 0.717) is 6.61 Å². The lowest BCUT2D eigenvalue weighted by molar-refractivity contribution is -0.139. The minimum atomic E-state index is -0.125. The van der Waals surface area contributed by atoms with Gasteiger partial charge in [0.2, 0.25) is 0 Å². The smallest absolute Gasteiger partial charge is 0.334 e. The molecule has 0 bridgehead atoms. The number of hydrogen-bond acceptors (Lipinski definition) is 2. The van der Waals surface area contributed by atoms with Crippen molar-refractivity contribution >= 4 is 5.97 Å². The summed E-state index contributed by atoms with van der Waals surface area (Å²) >= 11 is 0. The van der Waals surface area contributed by atoms with Gasteiger partial charge in [0.25, 0.3) is 0 Å². The molecule has 0 fully saturated rings. The molecule has 0 aromatic heterocycles. The molecular weight excluding hydrogens is 200 g/mol. The van der Waals surface area contributed by atoms with Gasteiger partial charge in [-0.1, -0.05) is 50.8 Å². The number of carbonyl (C=O) groups is 1. The lowest BCUT2D eigenvalue weighted by Gasteiger charge is -2.08. The molecular formula is C14H22O2. The molecule has 1 aliphatic rings. The third kappa shape index (κ3) is 5.15. The van der Waals surface area contributed by atoms with Crippen LogP contribution in [0.3, 0.4) is 0 Å². The lowest BCUT2D eigenvalue weighted by Crippen LogP contribution is -2.10. The molecule has 0 aromatic carbocycles. The van der Waals surface area contributed by atoms with Crippen LogP contribution in [0, 0.1) is 0 Å². The molecule has 0 atom stereocenters. The quantitative estimate of drug-likeness (QED) is 0.484. The highest BCUT2D eigenvalue weighted by Gasteiger charge is 2.10. The van der Waals surface area contributed by atoms with Gasteiger partial charge in [-0.3, -0.25) is 0 Å². The summed E-state index contributed by atoms with van der Waals surface area (Å²) in [5, 5.41) is 0. The Bertz CT molecular complexity index is 264. The second kappa shape index (κ2) is 8.14. The summed E-state index contributed by atoms with van der Waals surface area (Å²) in [4.78, 5) is 11.6. The van der Waals surface area contributed by atoms with Crippen molar-refractivity contribution in [2.24, 2.45) is 0 Å². The molecule has 1 aliphatic carbocycles. The predicted molar refractivity (Wildman–Crippen MR) is 66.2 cm³/mol. The van der Waals surface area contributed by atoms with E-state index in [1.807, 2.05) is 12.2 Å². The summed E-state index contributed by atoms with van der Waals surface area (Å²) in [7, 11) is 0. The van der Waals surface area contributed by atoms with Crippen LogP contribution in [-0.4, -0.2) is 12.6 Å². The Hall–Kier alpha value is -1.05. The topological polar surface area (TPSA) is 26.3 Å². The highest BCUT2D eigenvalue weighted by atomic mass is 16.5. The van der Waals surface area contributed by atoms with E-state index >= 15 is 0 Å². The van der Waals surface area contributed by atoms with E-state index in [0.717, 1.165) is 24.8 Å². The number of allylic oxidation sites excluding steroid dienone is 3. The van der Waals surface area contributed by atoms with Crippen molar-refractivity contribution in [1.29, 1.82) is 0 Å². The van der Waals surface area contributed by atoms with Crippen LogP contribution in [-0.2, 0) is 9.53 Å². The molecule has 0 spiro atoms. The second-order valence-corrected chi connectivity index (χ2v) is 4.21. The highest BCUT2D eigenvalue weighted by Crippen LogP contribution is 2.13. The fourth-order valence-corrected chi connectivity index (χ4v) is 1.74. The SMILES string of the molecule is CCCCCCCOC(=O)C1=CC=CCC1. The molecule has 0 unspecified atom stereocenters. The van der Waals surface area contributed by atoms with E-state index in [4.69, 9.17) is 4.74 Å². The predicted octanol–water partition coefficient (Wildman–Crippen LogP) is 3.78.